The van der Waals surface area contributed by atoms with E-state index in [9.17, 15) is 4.79 Å². The van der Waals surface area contributed by atoms with Crippen molar-refractivity contribution in [2.75, 3.05) is 6.54 Å². The van der Waals surface area contributed by atoms with Gasteiger partial charge in [0.25, 0.3) is 0 Å². The number of benzene rings is 1. The highest BCUT2D eigenvalue weighted by atomic mass is 16.5. The van der Waals surface area contributed by atoms with Crippen molar-refractivity contribution < 1.29 is 9.53 Å². The second-order valence-corrected chi connectivity index (χ2v) is 2.88. The zero-order valence-electron chi connectivity index (χ0n) is 8.12. The summed E-state index contributed by atoms with van der Waals surface area (Å²) in [5.74, 6) is 0.548. The molecule has 3 nitrogen and oxygen atoms in total. The molecule has 0 saturated carbocycles. The van der Waals surface area contributed by atoms with Gasteiger partial charge in [0.2, 0.25) is 0 Å². The molecule has 1 rings (SSSR count). The third kappa shape index (κ3) is 3.31. The Morgan fingerprint density at radius 1 is 1.64 bits per heavy atom. The van der Waals surface area contributed by atoms with Gasteiger partial charge in [-0.25, -0.2) is 4.79 Å². The molecule has 3 heteroatoms. The Morgan fingerprint density at radius 3 is 3.07 bits per heavy atom. The van der Waals surface area contributed by atoms with Crippen molar-refractivity contribution in [1.82, 2.24) is 5.32 Å². The molecule has 0 bridgehead atoms. The minimum Gasteiger partial charge on any atom is -0.410 e. The molecule has 1 aromatic carbocycles. The van der Waals surface area contributed by atoms with Crippen LogP contribution in [0.5, 0.6) is 5.75 Å². The van der Waals surface area contributed by atoms with E-state index in [1.54, 1.807) is 18.2 Å². The maximum Gasteiger partial charge on any atom is 0.412 e. The molecule has 0 aliphatic carbocycles. The van der Waals surface area contributed by atoms with Gasteiger partial charge in [0.15, 0.2) is 0 Å². The Morgan fingerprint density at radius 2 is 2.43 bits per heavy atom. The van der Waals surface area contributed by atoms with Crippen molar-refractivity contribution in [2.24, 2.45) is 0 Å². The van der Waals surface area contributed by atoms with Crippen LogP contribution in [0.3, 0.4) is 0 Å². The predicted molar refractivity (Wildman–Crippen MR) is 55.4 cm³/mol. The van der Waals surface area contributed by atoms with Crippen molar-refractivity contribution in [1.29, 1.82) is 0 Å². The zero-order valence-corrected chi connectivity index (χ0v) is 8.12. The molecule has 0 fully saturated rings. The molecule has 1 amide bonds. The lowest BCUT2D eigenvalue weighted by atomic mass is 10.2. The van der Waals surface area contributed by atoms with Crippen molar-refractivity contribution in [3.05, 3.63) is 42.5 Å². The topological polar surface area (TPSA) is 38.3 Å². The van der Waals surface area contributed by atoms with Gasteiger partial charge in [0.1, 0.15) is 5.75 Å². The molecule has 74 valence electrons. The standard InChI is InChI=1S/C11H13NO2/c1-3-7-12-11(13)14-10-6-4-5-9(2)8-10/h3-6,8H,1,7H2,2H3,(H,12,13). The van der Waals surface area contributed by atoms with Crippen molar-refractivity contribution >= 4 is 6.09 Å². The smallest absolute Gasteiger partial charge is 0.410 e. The van der Waals surface area contributed by atoms with E-state index >= 15 is 0 Å². The van der Waals surface area contributed by atoms with Gasteiger partial charge in [-0.05, 0) is 24.6 Å². The van der Waals surface area contributed by atoms with Crippen molar-refractivity contribution in [3.63, 3.8) is 0 Å². The quantitative estimate of drug-likeness (QED) is 0.744. The Labute approximate surface area is 83.4 Å². The maximum absolute atomic E-state index is 11.1. The number of aryl methyl sites for hydroxylation is 1. The SMILES string of the molecule is C=CCNC(=O)Oc1cccc(C)c1. The molecule has 0 radical (unpaired) electrons. The Hall–Kier alpha value is -1.77. The summed E-state index contributed by atoms with van der Waals surface area (Å²) < 4.78 is 5.00. The summed E-state index contributed by atoms with van der Waals surface area (Å²) in [6, 6.07) is 7.31. The van der Waals surface area contributed by atoms with E-state index in [4.69, 9.17) is 4.74 Å². The third-order valence-corrected chi connectivity index (χ3v) is 1.59. The first kappa shape index (κ1) is 10.3. The molecule has 0 aliphatic rings. The molecule has 0 saturated heterocycles. The summed E-state index contributed by atoms with van der Waals surface area (Å²) in [6.07, 6.45) is 1.13. The Bertz CT molecular complexity index is 334. The van der Waals surface area contributed by atoms with Gasteiger partial charge in [0, 0.05) is 6.54 Å². The lowest BCUT2D eigenvalue weighted by Crippen LogP contribution is -2.26. The van der Waals surface area contributed by atoms with Gasteiger partial charge in [-0.3, -0.25) is 0 Å². The van der Waals surface area contributed by atoms with E-state index in [1.165, 1.54) is 0 Å². The van der Waals surface area contributed by atoms with E-state index in [-0.39, 0.29) is 0 Å². The van der Waals surface area contributed by atoms with Crippen LogP contribution in [0.25, 0.3) is 0 Å². The molecular weight excluding hydrogens is 178 g/mol. The van der Waals surface area contributed by atoms with Crippen LogP contribution in [0.15, 0.2) is 36.9 Å². The monoisotopic (exact) mass is 191 g/mol. The second kappa shape index (κ2) is 5.07. The number of nitrogens with one attached hydrogen (secondary N) is 1. The number of carbonyl (C=O) groups excluding carboxylic acids is 1. The number of ether oxygens (including phenoxy) is 1. The Kier molecular flexibility index (Phi) is 3.73. The maximum atomic E-state index is 11.1. The molecule has 0 atom stereocenters. The summed E-state index contributed by atoms with van der Waals surface area (Å²) in [5.41, 5.74) is 1.05. The number of hydrogen-bond acceptors (Lipinski definition) is 2. The average molecular weight is 191 g/mol. The van der Waals surface area contributed by atoms with E-state index < -0.39 is 6.09 Å². The first-order valence-electron chi connectivity index (χ1n) is 4.35. The highest BCUT2D eigenvalue weighted by Crippen LogP contribution is 2.12. The molecule has 0 spiro atoms. The first-order chi connectivity index (χ1) is 6.72. The first-order valence-corrected chi connectivity index (χ1v) is 4.35. The number of amides is 1. The largest absolute Gasteiger partial charge is 0.412 e. The van der Waals surface area contributed by atoms with Crippen LogP contribution in [0.2, 0.25) is 0 Å². The van der Waals surface area contributed by atoms with E-state index in [1.807, 2.05) is 19.1 Å². The van der Waals surface area contributed by atoms with Crippen LogP contribution in [-0.4, -0.2) is 12.6 Å². The van der Waals surface area contributed by atoms with Gasteiger partial charge in [-0.2, -0.15) is 0 Å². The lowest BCUT2D eigenvalue weighted by molar-refractivity contribution is 0.201. The van der Waals surface area contributed by atoms with E-state index in [0.717, 1.165) is 5.56 Å². The lowest BCUT2D eigenvalue weighted by Gasteiger charge is -2.04. The van der Waals surface area contributed by atoms with Crippen molar-refractivity contribution in [2.45, 2.75) is 6.92 Å². The van der Waals surface area contributed by atoms with E-state index in [2.05, 4.69) is 11.9 Å². The van der Waals surface area contributed by atoms with Gasteiger partial charge in [-0.15, -0.1) is 6.58 Å². The number of hydrogen-bond donors (Lipinski definition) is 1. The summed E-state index contributed by atoms with van der Waals surface area (Å²) in [6.45, 7) is 5.83. The fourth-order valence-electron chi connectivity index (χ4n) is 0.977. The van der Waals surface area contributed by atoms with Crippen LogP contribution in [0, 0.1) is 6.92 Å². The number of carbonyl (C=O) groups is 1. The molecule has 0 aromatic heterocycles. The fourth-order valence-corrected chi connectivity index (χ4v) is 0.977. The van der Waals surface area contributed by atoms with Gasteiger partial charge in [-0.1, -0.05) is 18.2 Å². The zero-order chi connectivity index (χ0) is 10.4. The van der Waals surface area contributed by atoms with Gasteiger partial charge >= 0.3 is 6.09 Å². The van der Waals surface area contributed by atoms with Crippen LogP contribution in [0.1, 0.15) is 5.56 Å². The summed E-state index contributed by atoms with van der Waals surface area (Å²) in [4.78, 5) is 11.1. The van der Waals surface area contributed by atoms with Crippen LogP contribution >= 0.6 is 0 Å². The third-order valence-electron chi connectivity index (χ3n) is 1.59. The summed E-state index contributed by atoms with van der Waals surface area (Å²) >= 11 is 0. The highest BCUT2D eigenvalue weighted by molar-refractivity contribution is 5.70. The molecule has 1 aromatic rings. The normalized spacial score (nSPS) is 9.21. The second-order valence-electron chi connectivity index (χ2n) is 2.88. The van der Waals surface area contributed by atoms with E-state index in [0.29, 0.717) is 12.3 Å². The van der Waals surface area contributed by atoms with Gasteiger partial charge < -0.3 is 10.1 Å². The minimum absolute atomic E-state index is 0.407. The highest BCUT2D eigenvalue weighted by Gasteiger charge is 2.01. The molecule has 1 N–H and O–H groups in total. The van der Waals surface area contributed by atoms with Crippen LogP contribution in [-0.2, 0) is 0 Å². The summed E-state index contributed by atoms with van der Waals surface area (Å²) in [5, 5.41) is 2.52. The molecule has 0 unspecified atom stereocenters. The molecule has 0 aliphatic heterocycles. The van der Waals surface area contributed by atoms with Gasteiger partial charge in [0.05, 0.1) is 0 Å². The van der Waals surface area contributed by atoms with Crippen LogP contribution < -0.4 is 10.1 Å². The molecule has 14 heavy (non-hydrogen) atoms. The predicted octanol–water partition coefficient (Wildman–Crippen LogP) is 2.27. The molecular formula is C11H13NO2. The average Bonchev–Trinajstić information content (AvgIpc) is 2.15. The fraction of sp³-hybridized carbons (Fsp3) is 0.182. The molecule has 0 heterocycles. The number of rotatable bonds is 3. The summed E-state index contributed by atoms with van der Waals surface area (Å²) in [7, 11) is 0. The minimum atomic E-state index is -0.462. The van der Waals surface area contributed by atoms with Crippen LogP contribution in [0.4, 0.5) is 4.79 Å². The van der Waals surface area contributed by atoms with Crippen molar-refractivity contribution in [3.8, 4) is 5.75 Å². The Balaban J connectivity index is 2.51.